The Kier molecular flexibility index (Phi) is 4.44. The van der Waals surface area contributed by atoms with Crippen LogP contribution >= 0.6 is 0 Å². The smallest absolute Gasteiger partial charge is 0.252 e. The summed E-state index contributed by atoms with van der Waals surface area (Å²) in [5.74, 6) is 1.06. The maximum Gasteiger partial charge on any atom is 0.252 e. The van der Waals surface area contributed by atoms with Gasteiger partial charge in [0, 0.05) is 12.1 Å². The van der Waals surface area contributed by atoms with Gasteiger partial charge >= 0.3 is 0 Å². The average molecular weight is 247 g/mol. The fourth-order valence-corrected chi connectivity index (χ4v) is 1.56. The maximum atomic E-state index is 5.32. The highest BCUT2D eigenvalue weighted by atomic mass is 16.5. The Hall–Kier alpha value is -1.72. The number of nitrogens with zero attached hydrogens (tertiary/aromatic N) is 2. The number of ether oxygens (including phenoxy) is 1. The molecule has 0 spiro atoms. The molecule has 5 nitrogen and oxygen atoms in total. The lowest BCUT2D eigenvalue weighted by Gasteiger charge is -1.97. The van der Waals surface area contributed by atoms with Crippen LogP contribution in [0.2, 0.25) is 0 Å². The number of rotatable bonds is 6. The molecule has 0 radical (unpaired) electrons. The second-order valence-corrected chi connectivity index (χ2v) is 3.90. The number of hydrogen-bond acceptors (Lipinski definition) is 5. The molecule has 2 aromatic rings. The van der Waals surface area contributed by atoms with Crippen LogP contribution in [0.5, 0.6) is 0 Å². The minimum Gasteiger partial charge on any atom is -0.370 e. The topological polar surface area (TPSA) is 74.2 Å². The molecule has 2 rings (SSSR count). The molecule has 1 aromatic carbocycles. The van der Waals surface area contributed by atoms with Crippen LogP contribution in [-0.4, -0.2) is 23.3 Å². The first-order valence-electron chi connectivity index (χ1n) is 6.03. The molecule has 18 heavy (non-hydrogen) atoms. The fraction of sp³-hybridized carbons (Fsp3) is 0.385. The Morgan fingerprint density at radius 1 is 1.28 bits per heavy atom. The molecule has 0 unspecified atom stereocenters. The van der Waals surface area contributed by atoms with Gasteiger partial charge in [-0.05, 0) is 12.0 Å². The first kappa shape index (κ1) is 12.7. The first-order chi connectivity index (χ1) is 8.83. The van der Waals surface area contributed by atoms with Gasteiger partial charge in [0.15, 0.2) is 0 Å². The summed E-state index contributed by atoms with van der Waals surface area (Å²) >= 11 is 0. The van der Waals surface area contributed by atoms with Gasteiger partial charge in [0.1, 0.15) is 6.61 Å². The van der Waals surface area contributed by atoms with E-state index in [1.54, 1.807) is 0 Å². The van der Waals surface area contributed by atoms with Crippen LogP contribution in [0, 0.1) is 0 Å². The van der Waals surface area contributed by atoms with Crippen LogP contribution in [-0.2, 0) is 17.8 Å². The van der Waals surface area contributed by atoms with Crippen molar-refractivity contribution in [2.75, 3.05) is 13.2 Å². The fourth-order valence-electron chi connectivity index (χ4n) is 1.56. The predicted molar refractivity (Wildman–Crippen MR) is 67.8 cm³/mol. The van der Waals surface area contributed by atoms with Gasteiger partial charge in [-0.1, -0.05) is 36.3 Å². The summed E-state index contributed by atoms with van der Waals surface area (Å²) in [6, 6.07) is 8.12. The first-order valence-corrected chi connectivity index (χ1v) is 6.03. The van der Waals surface area contributed by atoms with Crippen LogP contribution in [0.15, 0.2) is 28.8 Å². The van der Waals surface area contributed by atoms with E-state index >= 15 is 0 Å². The zero-order chi connectivity index (χ0) is 12.8. The van der Waals surface area contributed by atoms with E-state index in [0.29, 0.717) is 31.5 Å². The van der Waals surface area contributed by atoms with Gasteiger partial charge in [-0.25, -0.2) is 0 Å². The second-order valence-electron chi connectivity index (χ2n) is 3.90. The van der Waals surface area contributed by atoms with Gasteiger partial charge in [0.25, 0.3) is 5.89 Å². The molecule has 0 aliphatic rings. The number of aryl methyl sites for hydroxylation is 1. The molecule has 1 aromatic heterocycles. The van der Waals surface area contributed by atoms with Gasteiger partial charge in [-0.3, -0.25) is 0 Å². The number of benzene rings is 1. The molecule has 0 atom stereocenters. The van der Waals surface area contributed by atoms with Crippen molar-refractivity contribution in [1.82, 2.24) is 10.1 Å². The molecule has 96 valence electrons. The molecule has 2 N–H and O–H groups in total. The van der Waals surface area contributed by atoms with Crippen LogP contribution in [0.4, 0.5) is 0 Å². The molecular formula is C13H17N3O2. The number of nitrogens with two attached hydrogens (primary N) is 1. The van der Waals surface area contributed by atoms with E-state index in [1.807, 2.05) is 12.1 Å². The molecular weight excluding hydrogens is 230 g/mol. The van der Waals surface area contributed by atoms with Crippen molar-refractivity contribution in [3.63, 3.8) is 0 Å². The average Bonchev–Trinajstić information content (AvgIpc) is 2.88. The van der Waals surface area contributed by atoms with Crippen molar-refractivity contribution in [2.45, 2.75) is 20.0 Å². The summed E-state index contributed by atoms with van der Waals surface area (Å²) in [6.07, 6.45) is 1.02. The lowest BCUT2D eigenvalue weighted by atomic mass is 10.1. The van der Waals surface area contributed by atoms with E-state index in [1.165, 1.54) is 5.56 Å². The van der Waals surface area contributed by atoms with Crippen LogP contribution in [0.25, 0.3) is 11.4 Å². The van der Waals surface area contributed by atoms with Crippen molar-refractivity contribution in [3.05, 3.63) is 35.7 Å². The third kappa shape index (κ3) is 3.15. The molecule has 5 heteroatoms. The Morgan fingerprint density at radius 3 is 2.72 bits per heavy atom. The molecule has 0 amide bonds. The second kappa shape index (κ2) is 6.28. The highest BCUT2D eigenvalue weighted by Crippen LogP contribution is 2.17. The summed E-state index contributed by atoms with van der Waals surface area (Å²) in [5.41, 5.74) is 7.56. The highest BCUT2D eigenvalue weighted by molar-refractivity contribution is 5.54. The lowest BCUT2D eigenvalue weighted by molar-refractivity contribution is 0.104. The Morgan fingerprint density at radius 2 is 2.06 bits per heavy atom. The zero-order valence-electron chi connectivity index (χ0n) is 10.4. The van der Waals surface area contributed by atoms with Crippen LogP contribution < -0.4 is 5.73 Å². The maximum absolute atomic E-state index is 5.32. The van der Waals surface area contributed by atoms with Crippen molar-refractivity contribution in [3.8, 4) is 11.4 Å². The van der Waals surface area contributed by atoms with Crippen molar-refractivity contribution < 1.29 is 9.26 Å². The quantitative estimate of drug-likeness (QED) is 0.787. The molecule has 0 aliphatic carbocycles. The van der Waals surface area contributed by atoms with Gasteiger partial charge in [0.2, 0.25) is 5.82 Å². The number of aromatic nitrogens is 2. The summed E-state index contributed by atoms with van der Waals surface area (Å²) in [5, 5.41) is 3.92. The monoisotopic (exact) mass is 247 g/mol. The third-order valence-electron chi connectivity index (χ3n) is 2.58. The molecule has 0 fully saturated rings. The van der Waals surface area contributed by atoms with E-state index in [2.05, 4.69) is 29.2 Å². The molecule has 0 bridgehead atoms. The lowest BCUT2D eigenvalue weighted by Crippen LogP contribution is -2.08. The summed E-state index contributed by atoms with van der Waals surface area (Å²) in [4.78, 5) is 4.26. The third-order valence-corrected chi connectivity index (χ3v) is 2.58. The van der Waals surface area contributed by atoms with Gasteiger partial charge < -0.3 is 15.0 Å². The Balaban J connectivity index is 2.04. The minimum absolute atomic E-state index is 0.303. The van der Waals surface area contributed by atoms with E-state index < -0.39 is 0 Å². The van der Waals surface area contributed by atoms with Gasteiger partial charge in [-0.15, -0.1) is 0 Å². The van der Waals surface area contributed by atoms with Crippen molar-refractivity contribution >= 4 is 0 Å². The largest absolute Gasteiger partial charge is 0.370 e. The highest BCUT2D eigenvalue weighted by Gasteiger charge is 2.08. The SMILES string of the molecule is CCc1ccc(-c2noc(COCCN)n2)cc1. The van der Waals surface area contributed by atoms with E-state index in [9.17, 15) is 0 Å². The molecule has 0 saturated carbocycles. The zero-order valence-corrected chi connectivity index (χ0v) is 10.4. The van der Waals surface area contributed by atoms with Crippen molar-refractivity contribution in [1.29, 1.82) is 0 Å². The minimum atomic E-state index is 0.303. The summed E-state index contributed by atoms with van der Waals surface area (Å²) < 4.78 is 10.3. The molecule has 0 aliphatic heterocycles. The molecule has 0 saturated heterocycles. The summed E-state index contributed by atoms with van der Waals surface area (Å²) in [6.45, 7) is 3.40. The predicted octanol–water partition coefficient (Wildman–Crippen LogP) is 1.77. The number of hydrogen-bond donors (Lipinski definition) is 1. The van der Waals surface area contributed by atoms with Gasteiger partial charge in [0.05, 0.1) is 6.61 Å². The molecule has 1 heterocycles. The Labute approximate surface area is 106 Å². The summed E-state index contributed by atoms with van der Waals surface area (Å²) in [7, 11) is 0. The van der Waals surface area contributed by atoms with Gasteiger partial charge in [-0.2, -0.15) is 4.98 Å². The van der Waals surface area contributed by atoms with E-state index in [4.69, 9.17) is 15.0 Å². The van der Waals surface area contributed by atoms with Crippen LogP contribution in [0.3, 0.4) is 0 Å². The normalized spacial score (nSPS) is 10.8. The van der Waals surface area contributed by atoms with Crippen molar-refractivity contribution in [2.24, 2.45) is 5.73 Å². The van der Waals surface area contributed by atoms with E-state index in [-0.39, 0.29) is 0 Å². The van der Waals surface area contributed by atoms with Crippen LogP contribution in [0.1, 0.15) is 18.4 Å². The van der Waals surface area contributed by atoms with E-state index in [0.717, 1.165) is 12.0 Å². The standard InChI is InChI=1S/C13H17N3O2/c1-2-10-3-5-11(6-4-10)13-15-12(18-16-13)9-17-8-7-14/h3-6H,2,7-9,14H2,1H3. The Bertz CT molecular complexity index is 479.